The van der Waals surface area contributed by atoms with Crippen molar-refractivity contribution in [3.8, 4) is 5.75 Å². The van der Waals surface area contributed by atoms with Crippen LogP contribution in [0, 0.1) is 0 Å². The van der Waals surface area contributed by atoms with Gasteiger partial charge in [-0.3, -0.25) is 0 Å². The molecule has 25 heavy (non-hydrogen) atoms. The summed E-state index contributed by atoms with van der Waals surface area (Å²) in [5.41, 5.74) is 17.4. The second-order valence-electron chi connectivity index (χ2n) is 5.98. The third kappa shape index (κ3) is 2.75. The van der Waals surface area contributed by atoms with Gasteiger partial charge in [0.1, 0.15) is 11.7 Å². The molecule has 5 nitrogen and oxygen atoms in total. The van der Waals surface area contributed by atoms with Crippen LogP contribution in [0.15, 0.2) is 73.0 Å². The zero-order chi connectivity index (χ0) is 17.3. The van der Waals surface area contributed by atoms with E-state index < -0.39 is 0 Å². The number of fused-ring (bicyclic) bond motifs is 2. The van der Waals surface area contributed by atoms with E-state index in [1.165, 1.54) is 0 Å². The first-order valence-electron chi connectivity index (χ1n) is 8.07. The van der Waals surface area contributed by atoms with Gasteiger partial charge in [0.2, 0.25) is 0 Å². The molecule has 0 spiro atoms. The van der Waals surface area contributed by atoms with E-state index in [4.69, 9.17) is 21.0 Å². The minimum absolute atomic E-state index is 0.117. The Balaban J connectivity index is 0.000000136. The van der Waals surface area contributed by atoms with Crippen LogP contribution >= 0.6 is 0 Å². The molecule has 0 saturated carbocycles. The lowest BCUT2D eigenvalue weighted by Crippen LogP contribution is -2.14. The van der Waals surface area contributed by atoms with Gasteiger partial charge in [-0.25, -0.2) is 5.48 Å². The number of nitrogens with one attached hydrogen (secondary N) is 1. The maximum Gasteiger partial charge on any atom is 0.162 e. The number of para-hydroxylation sites is 2. The number of hydrogen-bond acceptors (Lipinski definition) is 5. The van der Waals surface area contributed by atoms with Crippen molar-refractivity contribution in [2.45, 2.75) is 11.7 Å². The number of epoxide rings is 1. The molecule has 2 heterocycles. The summed E-state index contributed by atoms with van der Waals surface area (Å²) in [5.74, 6) is 0.880. The van der Waals surface area contributed by atoms with Crippen molar-refractivity contribution in [2.24, 2.45) is 0 Å². The van der Waals surface area contributed by atoms with E-state index >= 15 is 0 Å². The number of hydroxylamine groups is 1. The van der Waals surface area contributed by atoms with Crippen molar-refractivity contribution in [1.29, 1.82) is 0 Å². The van der Waals surface area contributed by atoms with Gasteiger partial charge in [-0.05, 0) is 24.3 Å². The molecule has 2 aliphatic heterocycles. The van der Waals surface area contributed by atoms with Crippen LogP contribution in [0.1, 0.15) is 11.1 Å². The summed E-state index contributed by atoms with van der Waals surface area (Å²) < 4.78 is 5.68. The van der Waals surface area contributed by atoms with E-state index in [1.807, 2.05) is 66.8 Å². The highest BCUT2D eigenvalue weighted by Crippen LogP contribution is 2.52. The van der Waals surface area contributed by atoms with Crippen molar-refractivity contribution in [3.05, 3.63) is 84.1 Å². The maximum absolute atomic E-state index is 5.96. The smallest absolute Gasteiger partial charge is 0.162 e. The van der Waals surface area contributed by atoms with Crippen molar-refractivity contribution < 1.29 is 9.57 Å². The Morgan fingerprint density at radius 3 is 2.72 bits per heavy atom. The van der Waals surface area contributed by atoms with E-state index in [0.717, 1.165) is 16.9 Å². The third-order valence-corrected chi connectivity index (χ3v) is 4.41. The molecule has 2 unspecified atom stereocenters. The molecule has 2 aromatic rings. The van der Waals surface area contributed by atoms with E-state index in [0.29, 0.717) is 11.4 Å². The average Bonchev–Trinajstić information content (AvgIpc) is 3.40. The molecule has 5 N–H and O–H groups in total. The SMILES string of the molecule is C1=Cc2ccccc2ON1.Nc1cccc(C23C=CC=CC2O3)c1N. The molecule has 2 aromatic carbocycles. The third-order valence-electron chi connectivity index (χ3n) is 4.41. The van der Waals surface area contributed by atoms with Crippen LogP contribution in [0.2, 0.25) is 0 Å². The summed E-state index contributed by atoms with van der Waals surface area (Å²) in [4.78, 5) is 5.09. The normalized spacial score (nSPS) is 24.1. The van der Waals surface area contributed by atoms with Crippen LogP contribution in [0.3, 0.4) is 0 Å². The first-order valence-corrected chi connectivity index (χ1v) is 8.07. The fraction of sp³-hybridized carbons (Fsp3) is 0.100. The lowest BCUT2D eigenvalue weighted by atomic mass is 9.90. The van der Waals surface area contributed by atoms with Gasteiger partial charge in [-0.1, -0.05) is 48.6 Å². The Labute approximate surface area is 146 Å². The van der Waals surface area contributed by atoms with Gasteiger partial charge in [-0.2, -0.15) is 0 Å². The number of anilines is 2. The molecule has 0 aromatic heterocycles. The van der Waals surface area contributed by atoms with Crippen LogP contribution in [-0.4, -0.2) is 6.10 Å². The minimum atomic E-state index is -0.353. The molecular formula is C20H19N3O2. The standard InChI is InChI=1S/C12H12N2O.C8H7NO/c13-9-5-3-4-8(11(9)14)12-7-2-1-6-10(12)15-12;1-2-4-8-7(3-1)5-6-9-10-8/h1-7,10H,13-14H2;1-6,9H. The Kier molecular flexibility index (Phi) is 3.71. The molecule has 2 atom stereocenters. The molecule has 5 heteroatoms. The summed E-state index contributed by atoms with van der Waals surface area (Å²) in [6.45, 7) is 0. The quantitative estimate of drug-likeness (QED) is 0.551. The highest BCUT2D eigenvalue weighted by Gasteiger charge is 2.56. The van der Waals surface area contributed by atoms with Crippen LogP contribution in [0.5, 0.6) is 5.75 Å². The average molecular weight is 333 g/mol. The molecule has 3 aliphatic rings. The fourth-order valence-corrected chi connectivity index (χ4v) is 3.02. The number of nitrogen functional groups attached to an aromatic ring is 2. The summed E-state index contributed by atoms with van der Waals surface area (Å²) in [7, 11) is 0. The first kappa shape index (κ1) is 15.4. The molecule has 126 valence electrons. The van der Waals surface area contributed by atoms with Gasteiger partial charge in [0.15, 0.2) is 5.75 Å². The molecule has 5 rings (SSSR count). The molecule has 1 fully saturated rings. The van der Waals surface area contributed by atoms with Crippen LogP contribution in [0.25, 0.3) is 6.08 Å². The lowest BCUT2D eigenvalue weighted by Gasteiger charge is -2.13. The van der Waals surface area contributed by atoms with Crippen LogP contribution < -0.4 is 21.8 Å². The Hall–Kier alpha value is -3.18. The van der Waals surface area contributed by atoms with E-state index in [-0.39, 0.29) is 11.7 Å². The van der Waals surface area contributed by atoms with Gasteiger partial charge in [0.05, 0.1) is 11.4 Å². The number of ether oxygens (including phenoxy) is 1. The van der Waals surface area contributed by atoms with E-state index in [9.17, 15) is 0 Å². The minimum Gasteiger partial charge on any atom is -0.397 e. The molecular weight excluding hydrogens is 314 g/mol. The predicted molar refractivity (Wildman–Crippen MR) is 99.3 cm³/mol. The van der Waals surface area contributed by atoms with Crippen LogP contribution in [-0.2, 0) is 10.3 Å². The summed E-state index contributed by atoms with van der Waals surface area (Å²) in [5, 5.41) is 0. The summed E-state index contributed by atoms with van der Waals surface area (Å²) in [6, 6.07) is 13.5. The van der Waals surface area contributed by atoms with Crippen molar-refractivity contribution in [2.75, 3.05) is 11.5 Å². The number of hydrogen-bond donors (Lipinski definition) is 3. The Bertz CT molecular complexity index is 888. The molecule has 1 saturated heterocycles. The first-order chi connectivity index (χ1) is 12.2. The fourth-order valence-electron chi connectivity index (χ4n) is 3.02. The number of nitrogens with two attached hydrogens (primary N) is 2. The van der Waals surface area contributed by atoms with E-state index in [1.54, 1.807) is 12.3 Å². The van der Waals surface area contributed by atoms with E-state index in [2.05, 4.69) is 5.48 Å². The molecule has 0 amide bonds. The van der Waals surface area contributed by atoms with Crippen molar-refractivity contribution >= 4 is 17.5 Å². The van der Waals surface area contributed by atoms with Crippen molar-refractivity contribution in [1.82, 2.24) is 5.48 Å². The highest BCUT2D eigenvalue weighted by atomic mass is 16.6. The summed E-state index contributed by atoms with van der Waals surface area (Å²) in [6.07, 6.45) is 11.9. The van der Waals surface area contributed by atoms with Gasteiger partial charge >= 0.3 is 0 Å². The lowest BCUT2D eigenvalue weighted by molar-refractivity contribution is 0.239. The van der Waals surface area contributed by atoms with Crippen molar-refractivity contribution in [3.63, 3.8) is 0 Å². The zero-order valence-electron chi connectivity index (χ0n) is 13.6. The molecule has 1 aliphatic carbocycles. The zero-order valence-corrected chi connectivity index (χ0v) is 13.6. The Morgan fingerprint density at radius 1 is 1.00 bits per heavy atom. The topological polar surface area (TPSA) is 85.8 Å². The maximum atomic E-state index is 5.96. The highest BCUT2D eigenvalue weighted by molar-refractivity contribution is 5.70. The number of rotatable bonds is 1. The van der Waals surface area contributed by atoms with Gasteiger partial charge < -0.3 is 21.0 Å². The monoisotopic (exact) mass is 333 g/mol. The van der Waals surface area contributed by atoms with Gasteiger partial charge in [-0.15, -0.1) is 0 Å². The Morgan fingerprint density at radius 2 is 1.88 bits per heavy atom. The van der Waals surface area contributed by atoms with Gasteiger partial charge in [0.25, 0.3) is 0 Å². The number of allylic oxidation sites excluding steroid dienone is 2. The summed E-state index contributed by atoms with van der Waals surface area (Å²) >= 11 is 0. The molecule has 0 radical (unpaired) electrons. The molecule has 0 bridgehead atoms. The van der Waals surface area contributed by atoms with Gasteiger partial charge in [0, 0.05) is 17.3 Å². The predicted octanol–water partition coefficient (Wildman–Crippen LogP) is 3.13. The largest absolute Gasteiger partial charge is 0.397 e. The number of benzene rings is 2. The second kappa shape index (κ2) is 6.03. The second-order valence-corrected chi connectivity index (χ2v) is 5.98. The van der Waals surface area contributed by atoms with Crippen LogP contribution in [0.4, 0.5) is 11.4 Å².